The van der Waals surface area contributed by atoms with Gasteiger partial charge in [-0.05, 0) is 28.1 Å². The Labute approximate surface area is 124 Å². The third kappa shape index (κ3) is 3.11. The van der Waals surface area contributed by atoms with E-state index in [4.69, 9.17) is 37.4 Å². The van der Waals surface area contributed by atoms with Crippen LogP contribution in [0, 0.1) is 0 Å². The quantitative estimate of drug-likeness (QED) is 0.771. The molecule has 0 bridgehead atoms. The van der Waals surface area contributed by atoms with E-state index < -0.39 is 0 Å². The smallest absolute Gasteiger partial charge is 0.137 e. The van der Waals surface area contributed by atoms with E-state index in [1.54, 1.807) is 19.2 Å². The Morgan fingerprint density at radius 1 is 1.44 bits per heavy atom. The van der Waals surface area contributed by atoms with Crippen molar-refractivity contribution in [3.05, 3.63) is 27.2 Å². The Hall–Kier alpha value is -0.0000000000000000971. The third-order valence-corrected chi connectivity index (χ3v) is 4.03. The van der Waals surface area contributed by atoms with Crippen molar-refractivity contribution in [1.29, 1.82) is 0 Å². The summed E-state index contributed by atoms with van der Waals surface area (Å²) in [5.41, 5.74) is 0.800. The molecule has 1 aromatic rings. The van der Waals surface area contributed by atoms with Gasteiger partial charge in [0.05, 0.1) is 36.8 Å². The molecular weight excluding hydrogens is 343 g/mol. The normalized spacial score (nSPS) is 21.7. The Morgan fingerprint density at radius 2 is 2.22 bits per heavy atom. The van der Waals surface area contributed by atoms with Crippen LogP contribution in [0.5, 0.6) is 5.75 Å². The first-order chi connectivity index (χ1) is 8.63. The van der Waals surface area contributed by atoms with E-state index in [2.05, 4.69) is 15.9 Å². The topological polar surface area (TPSA) is 27.7 Å². The largest absolute Gasteiger partial charge is 0.495 e. The van der Waals surface area contributed by atoms with Crippen molar-refractivity contribution in [2.24, 2.45) is 0 Å². The highest BCUT2D eigenvalue weighted by atomic mass is 79.9. The predicted octanol–water partition coefficient (Wildman–Crippen LogP) is 3.81. The van der Waals surface area contributed by atoms with E-state index >= 15 is 0 Å². The van der Waals surface area contributed by atoms with Crippen LogP contribution in [-0.2, 0) is 9.47 Å². The Morgan fingerprint density at radius 3 is 2.83 bits per heavy atom. The number of ether oxygens (including phenoxy) is 3. The highest BCUT2D eigenvalue weighted by Gasteiger charge is 2.28. The van der Waals surface area contributed by atoms with Gasteiger partial charge in [-0.25, -0.2) is 0 Å². The van der Waals surface area contributed by atoms with Crippen LogP contribution in [0.2, 0.25) is 5.02 Å². The third-order valence-electron chi connectivity index (χ3n) is 2.71. The molecule has 0 aromatic heterocycles. The van der Waals surface area contributed by atoms with Crippen molar-refractivity contribution in [2.45, 2.75) is 11.5 Å². The fourth-order valence-electron chi connectivity index (χ4n) is 1.88. The highest BCUT2D eigenvalue weighted by molar-refractivity contribution is 9.10. The predicted molar refractivity (Wildman–Crippen MR) is 74.9 cm³/mol. The number of hydrogen-bond acceptors (Lipinski definition) is 3. The maximum Gasteiger partial charge on any atom is 0.137 e. The van der Waals surface area contributed by atoms with E-state index in [1.807, 2.05) is 0 Å². The van der Waals surface area contributed by atoms with Gasteiger partial charge in [-0.2, -0.15) is 0 Å². The number of benzene rings is 1. The number of alkyl halides is 1. The summed E-state index contributed by atoms with van der Waals surface area (Å²) in [5, 5.41) is 0.232. The molecule has 2 unspecified atom stereocenters. The molecular formula is C12H13BrCl2O3. The van der Waals surface area contributed by atoms with Gasteiger partial charge in [-0.1, -0.05) is 11.6 Å². The molecule has 1 aliphatic heterocycles. The fraction of sp³-hybridized carbons (Fsp3) is 0.500. The van der Waals surface area contributed by atoms with Crippen molar-refractivity contribution < 1.29 is 14.2 Å². The molecule has 0 N–H and O–H groups in total. The maximum atomic E-state index is 6.45. The molecule has 0 saturated carbocycles. The van der Waals surface area contributed by atoms with Crippen LogP contribution in [0.1, 0.15) is 10.9 Å². The molecule has 1 fully saturated rings. The van der Waals surface area contributed by atoms with Crippen LogP contribution in [-0.4, -0.2) is 33.0 Å². The zero-order valence-electron chi connectivity index (χ0n) is 9.79. The van der Waals surface area contributed by atoms with Gasteiger partial charge < -0.3 is 14.2 Å². The summed E-state index contributed by atoms with van der Waals surface area (Å²) in [4.78, 5) is 0. The summed E-state index contributed by atoms with van der Waals surface area (Å²) in [5.74, 6) is 0.675. The van der Waals surface area contributed by atoms with E-state index in [-0.39, 0.29) is 11.5 Å². The summed E-state index contributed by atoms with van der Waals surface area (Å²) in [7, 11) is 1.60. The molecule has 0 spiro atoms. The molecule has 6 heteroatoms. The molecule has 1 heterocycles. The van der Waals surface area contributed by atoms with Gasteiger partial charge in [-0.3, -0.25) is 0 Å². The number of rotatable bonds is 3. The van der Waals surface area contributed by atoms with Gasteiger partial charge in [0.15, 0.2) is 0 Å². The first kappa shape index (κ1) is 14.4. The summed E-state index contributed by atoms with van der Waals surface area (Å²) in [6.07, 6.45) is -0.195. The maximum absolute atomic E-state index is 6.45. The first-order valence-electron chi connectivity index (χ1n) is 5.50. The second-order valence-electron chi connectivity index (χ2n) is 3.90. The molecule has 100 valence electrons. The van der Waals surface area contributed by atoms with E-state index in [0.29, 0.717) is 30.6 Å². The van der Waals surface area contributed by atoms with Crippen LogP contribution in [0.3, 0.4) is 0 Å². The number of hydrogen-bond donors (Lipinski definition) is 0. The lowest BCUT2D eigenvalue weighted by Crippen LogP contribution is -2.32. The molecule has 0 amide bonds. The summed E-state index contributed by atoms with van der Waals surface area (Å²) in [6.45, 7) is 1.63. The van der Waals surface area contributed by atoms with E-state index in [9.17, 15) is 0 Å². The van der Waals surface area contributed by atoms with Gasteiger partial charge in [0.1, 0.15) is 11.9 Å². The van der Waals surface area contributed by atoms with Crippen LogP contribution in [0.15, 0.2) is 16.6 Å². The average molecular weight is 356 g/mol. The summed E-state index contributed by atoms with van der Waals surface area (Å²) in [6, 6.07) is 3.56. The zero-order chi connectivity index (χ0) is 13.1. The second-order valence-corrected chi connectivity index (χ2v) is 5.66. The van der Waals surface area contributed by atoms with Gasteiger partial charge in [0, 0.05) is 10.6 Å². The van der Waals surface area contributed by atoms with Crippen molar-refractivity contribution in [1.82, 2.24) is 0 Å². The Balaban J connectivity index is 2.30. The highest BCUT2D eigenvalue weighted by Crippen LogP contribution is 2.40. The van der Waals surface area contributed by atoms with Crippen molar-refractivity contribution in [2.75, 3.05) is 26.9 Å². The molecule has 18 heavy (non-hydrogen) atoms. The van der Waals surface area contributed by atoms with Crippen LogP contribution in [0.25, 0.3) is 0 Å². The fourth-order valence-corrected chi connectivity index (χ4v) is 3.18. The van der Waals surface area contributed by atoms with Crippen molar-refractivity contribution in [3.8, 4) is 5.75 Å². The van der Waals surface area contributed by atoms with Gasteiger partial charge in [-0.15, -0.1) is 11.6 Å². The zero-order valence-corrected chi connectivity index (χ0v) is 12.9. The number of halogens is 3. The van der Waals surface area contributed by atoms with Gasteiger partial charge in [0.2, 0.25) is 0 Å². The monoisotopic (exact) mass is 354 g/mol. The minimum atomic E-state index is -0.366. The minimum Gasteiger partial charge on any atom is -0.495 e. The Kier molecular flexibility index (Phi) is 5.15. The van der Waals surface area contributed by atoms with Crippen LogP contribution >= 0.6 is 39.1 Å². The molecule has 1 aliphatic rings. The molecule has 2 atom stereocenters. The molecule has 0 radical (unpaired) electrons. The average Bonchev–Trinajstić information content (AvgIpc) is 2.38. The lowest BCUT2D eigenvalue weighted by molar-refractivity contribution is -0.0893. The van der Waals surface area contributed by atoms with E-state index in [1.165, 1.54) is 0 Å². The standard InChI is InChI=1S/C12H13BrCl2O3/c1-16-12-8(4-7(14)5-9(12)13)11(15)10-6-17-2-3-18-10/h4-5,10-11H,2-3,6H2,1H3. The molecule has 3 nitrogen and oxygen atoms in total. The second kappa shape index (κ2) is 6.44. The SMILES string of the molecule is COc1c(Br)cc(Cl)cc1C(Cl)C1COCCO1. The van der Waals surface area contributed by atoms with Gasteiger partial charge in [0.25, 0.3) is 0 Å². The molecule has 2 rings (SSSR count). The number of methoxy groups -OCH3 is 1. The lowest BCUT2D eigenvalue weighted by atomic mass is 10.1. The van der Waals surface area contributed by atoms with Gasteiger partial charge >= 0.3 is 0 Å². The van der Waals surface area contributed by atoms with Crippen molar-refractivity contribution >= 4 is 39.1 Å². The molecule has 1 aromatic carbocycles. The Bertz CT molecular complexity index is 422. The van der Waals surface area contributed by atoms with Crippen molar-refractivity contribution in [3.63, 3.8) is 0 Å². The first-order valence-corrected chi connectivity index (χ1v) is 7.10. The van der Waals surface area contributed by atoms with E-state index in [0.717, 1.165) is 10.0 Å². The molecule has 1 saturated heterocycles. The van der Waals surface area contributed by atoms with Crippen LogP contribution < -0.4 is 4.74 Å². The molecule has 0 aliphatic carbocycles. The minimum absolute atomic E-state index is 0.195. The summed E-state index contributed by atoms with van der Waals surface area (Å²) >= 11 is 15.9. The summed E-state index contributed by atoms with van der Waals surface area (Å²) < 4.78 is 17.1. The lowest BCUT2D eigenvalue weighted by Gasteiger charge is -2.28. The van der Waals surface area contributed by atoms with Crippen LogP contribution in [0.4, 0.5) is 0 Å².